The first-order valence-electron chi connectivity index (χ1n) is 5.52. The van der Waals surface area contributed by atoms with Gasteiger partial charge in [-0.05, 0) is 25.0 Å². The number of hydrogen-bond acceptors (Lipinski definition) is 4. The summed E-state index contributed by atoms with van der Waals surface area (Å²) in [7, 11) is 0. The maximum Gasteiger partial charge on any atom is 0.339 e. The summed E-state index contributed by atoms with van der Waals surface area (Å²) >= 11 is 5.73. The van der Waals surface area contributed by atoms with Crippen molar-refractivity contribution in [1.82, 2.24) is 10.3 Å². The molecule has 1 aliphatic heterocycles. The van der Waals surface area contributed by atoms with Crippen LogP contribution in [0.2, 0.25) is 5.15 Å². The van der Waals surface area contributed by atoms with Gasteiger partial charge in [-0.25, -0.2) is 9.78 Å². The first kappa shape index (κ1) is 12.6. The van der Waals surface area contributed by atoms with E-state index in [0.717, 1.165) is 6.42 Å². The summed E-state index contributed by atoms with van der Waals surface area (Å²) in [5, 5.41) is 14.7. The number of aromatic carboxylic acids is 1. The minimum Gasteiger partial charge on any atom is -0.478 e. The second-order valence-electron chi connectivity index (χ2n) is 3.97. The van der Waals surface area contributed by atoms with Crippen molar-refractivity contribution in [2.75, 3.05) is 11.9 Å². The van der Waals surface area contributed by atoms with Crippen molar-refractivity contribution in [3.63, 3.8) is 0 Å². The van der Waals surface area contributed by atoms with Crippen molar-refractivity contribution >= 4 is 29.3 Å². The molecule has 2 heterocycles. The van der Waals surface area contributed by atoms with E-state index in [2.05, 4.69) is 15.6 Å². The fourth-order valence-corrected chi connectivity index (χ4v) is 1.94. The fraction of sp³-hybridized carbons (Fsp3) is 0.364. The second kappa shape index (κ2) is 5.22. The molecule has 96 valence electrons. The first-order chi connectivity index (χ1) is 8.58. The van der Waals surface area contributed by atoms with Crippen LogP contribution in [-0.4, -0.2) is 34.6 Å². The Bertz CT molecular complexity index is 492. The Morgan fingerprint density at radius 1 is 1.56 bits per heavy atom. The molecule has 1 fully saturated rings. The van der Waals surface area contributed by atoms with Gasteiger partial charge < -0.3 is 15.7 Å². The van der Waals surface area contributed by atoms with E-state index < -0.39 is 12.0 Å². The molecule has 6 nitrogen and oxygen atoms in total. The molecule has 1 saturated heterocycles. The standard InChI is InChI=1S/C11H12ClN3O3/c12-8-4-3-6(11(17)18)9(15-8)14-7-2-1-5-13-10(7)16/h3-4,7H,1-2,5H2,(H,13,16)(H,14,15)(H,17,18). The summed E-state index contributed by atoms with van der Waals surface area (Å²) < 4.78 is 0. The average Bonchev–Trinajstić information content (AvgIpc) is 2.32. The van der Waals surface area contributed by atoms with Gasteiger partial charge in [0.25, 0.3) is 0 Å². The van der Waals surface area contributed by atoms with Gasteiger partial charge in [-0.2, -0.15) is 0 Å². The van der Waals surface area contributed by atoms with Gasteiger partial charge in [0, 0.05) is 6.54 Å². The van der Waals surface area contributed by atoms with E-state index in [1.54, 1.807) is 0 Å². The Hall–Kier alpha value is -1.82. The van der Waals surface area contributed by atoms with Gasteiger partial charge in [0.2, 0.25) is 5.91 Å². The molecule has 0 spiro atoms. The van der Waals surface area contributed by atoms with E-state index in [0.29, 0.717) is 13.0 Å². The van der Waals surface area contributed by atoms with Crippen LogP contribution in [0.25, 0.3) is 0 Å². The van der Waals surface area contributed by atoms with Crippen LogP contribution in [0.15, 0.2) is 12.1 Å². The molecule has 1 atom stereocenters. The molecule has 0 radical (unpaired) electrons. The molecule has 1 aromatic rings. The molecule has 0 aromatic carbocycles. The third kappa shape index (κ3) is 2.70. The fourth-order valence-electron chi connectivity index (χ4n) is 1.79. The largest absolute Gasteiger partial charge is 0.478 e. The van der Waals surface area contributed by atoms with Gasteiger partial charge >= 0.3 is 5.97 Å². The van der Waals surface area contributed by atoms with Crippen molar-refractivity contribution in [3.05, 3.63) is 22.8 Å². The molecule has 18 heavy (non-hydrogen) atoms. The average molecular weight is 270 g/mol. The van der Waals surface area contributed by atoms with Gasteiger partial charge in [-0.1, -0.05) is 11.6 Å². The Morgan fingerprint density at radius 2 is 2.33 bits per heavy atom. The van der Waals surface area contributed by atoms with E-state index in [1.807, 2.05) is 0 Å². The molecule has 1 amide bonds. The van der Waals surface area contributed by atoms with Crippen LogP contribution in [-0.2, 0) is 4.79 Å². The Morgan fingerprint density at radius 3 is 3.00 bits per heavy atom. The second-order valence-corrected chi connectivity index (χ2v) is 4.35. The lowest BCUT2D eigenvalue weighted by molar-refractivity contribution is -0.123. The molecule has 1 unspecified atom stereocenters. The number of anilines is 1. The smallest absolute Gasteiger partial charge is 0.339 e. The third-order valence-electron chi connectivity index (χ3n) is 2.69. The number of rotatable bonds is 3. The molecule has 1 aromatic heterocycles. The van der Waals surface area contributed by atoms with Crippen LogP contribution >= 0.6 is 11.6 Å². The molecule has 0 saturated carbocycles. The van der Waals surface area contributed by atoms with Crippen molar-refractivity contribution < 1.29 is 14.7 Å². The Kier molecular flexibility index (Phi) is 3.66. The lowest BCUT2D eigenvalue weighted by Gasteiger charge is -2.23. The zero-order chi connectivity index (χ0) is 13.1. The molecule has 1 aliphatic rings. The van der Waals surface area contributed by atoms with E-state index in [1.165, 1.54) is 12.1 Å². The van der Waals surface area contributed by atoms with Crippen LogP contribution in [0.5, 0.6) is 0 Å². The van der Waals surface area contributed by atoms with Gasteiger partial charge in [-0.3, -0.25) is 4.79 Å². The molecule has 7 heteroatoms. The quantitative estimate of drug-likeness (QED) is 0.716. The highest BCUT2D eigenvalue weighted by Crippen LogP contribution is 2.19. The molecule has 0 bridgehead atoms. The molecule has 2 rings (SSSR count). The summed E-state index contributed by atoms with van der Waals surface area (Å²) in [6, 6.07) is 2.29. The lowest BCUT2D eigenvalue weighted by atomic mass is 10.1. The van der Waals surface area contributed by atoms with E-state index in [4.69, 9.17) is 16.7 Å². The summed E-state index contributed by atoms with van der Waals surface area (Å²) in [6.45, 7) is 0.645. The number of pyridine rings is 1. The minimum absolute atomic E-state index is 0.00206. The van der Waals surface area contributed by atoms with Crippen LogP contribution in [0.3, 0.4) is 0 Å². The zero-order valence-corrected chi connectivity index (χ0v) is 10.2. The number of carboxylic acid groups (broad SMARTS) is 1. The normalized spacial score (nSPS) is 19.2. The maximum absolute atomic E-state index is 11.6. The van der Waals surface area contributed by atoms with Crippen molar-refractivity contribution in [2.45, 2.75) is 18.9 Å². The number of hydrogen-bond donors (Lipinski definition) is 3. The number of piperidine rings is 1. The SMILES string of the molecule is O=C(O)c1ccc(Cl)nc1NC1CCCNC1=O. The number of carbonyl (C=O) groups excluding carboxylic acids is 1. The maximum atomic E-state index is 11.6. The number of aromatic nitrogens is 1. The summed E-state index contributed by atoms with van der Waals surface area (Å²) in [5.41, 5.74) is -0.00206. The summed E-state index contributed by atoms with van der Waals surface area (Å²) in [5.74, 6) is -1.14. The van der Waals surface area contributed by atoms with Crippen molar-refractivity contribution in [3.8, 4) is 0 Å². The third-order valence-corrected chi connectivity index (χ3v) is 2.90. The number of carboxylic acids is 1. The highest BCUT2D eigenvalue weighted by atomic mass is 35.5. The van der Waals surface area contributed by atoms with Crippen molar-refractivity contribution in [2.24, 2.45) is 0 Å². The van der Waals surface area contributed by atoms with E-state index in [9.17, 15) is 9.59 Å². The topological polar surface area (TPSA) is 91.3 Å². The minimum atomic E-state index is -1.11. The van der Waals surface area contributed by atoms with E-state index >= 15 is 0 Å². The predicted octanol–water partition coefficient (Wildman–Crippen LogP) is 1.12. The molecular formula is C11H12ClN3O3. The van der Waals surface area contributed by atoms with Gasteiger partial charge in [0.15, 0.2) is 0 Å². The number of carbonyl (C=O) groups is 2. The molecular weight excluding hydrogens is 258 g/mol. The van der Waals surface area contributed by atoms with Gasteiger partial charge in [0.1, 0.15) is 22.6 Å². The Labute approximate surface area is 108 Å². The van der Waals surface area contributed by atoms with E-state index in [-0.39, 0.29) is 22.4 Å². The number of nitrogens with zero attached hydrogens (tertiary/aromatic N) is 1. The lowest BCUT2D eigenvalue weighted by Crippen LogP contribution is -2.44. The summed E-state index contributed by atoms with van der Waals surface area (Å²) in [6.07, 6.45) is 1.48. The van der Waals surface area contributed by atoms with Crippen molar-refractivity contribution in [1.29, 1.82) is 0 Å². The highest BCUT2D eigenvalue weighted by molar-refractivity contribution is 6.29. The monoisotopic (exact) mass is 269 g/mol. The van der Waals surface area contributed by atoms with Crippen LogP contribution in [0.1, 0.15) is 23.2 Å². The summed E-state index contributed by atoms with van der Waals surface area (Å²) in [4.78, 5) is 26.5. The zero-order valence-electron chi connectivity index (χ0n) is 9.44. The molecule has 0 aliphatic carbocycles. The predicted molar refractivity (Wildman–Crippen MR) is 65.9 cm³/mol. The Balaban J connectivity index is 2.24. The number of nitrogens with one attached hydrogen (secondary N) is 2. The number of halogens is 1. The van der Waals surface area contributed by atoms with Gasteiger partial charge in [-0.15, -0.1) is 0 Å². The number of amides is 1. The molecule has 3 N–H and O–H groups in total. The van der Waals surface area contributed by atoms with Crippen LogP contribution < -0.4 is 10.6 Å². The highest BCUT2D eigenvalue weighted by Gasteiger charge is 2.24. The van der Waals surface area contributed by atoms with Crippen LogP contribution in [0.4, 0.5) is 5.82 Å². The first-order valence-corrected chi connectivity index (χ1v) is 5.90. The van der Waals surface area contributed by atoms with Crippen LogP contribution in [0, 0.1) is 0 Å². The van der Waals surface area contributed by atoms with Gasteiger partial charge in [0.05, 0.1) is 0 Å².